The lowest BCUT2D eigenvalue weighted by Gasteiger charge is -2.15. The molecule has 5 N–H and O–H groups in total. The first-order valence-electron chi connectivity index (χ1n) is 11.0. The number of para-hydroxylation sites is 2. The maximum absolute atomic E-state index is 13.9. The highest BCUT2D eigenvalue weighted by Gasteiger charge is 2.27. The molecule has 0 amide bonds. The van der Waals surface area contributed by atoms with Crippen LogP contribution in [0.2, 0.25) is 0 Å². The molecule has 3 aromatic carbocycles. The third-order valence-corrected chi connectivity index (χ3v) is 6.71. The number of nitrogens with two attached hydrogens (primary N) is 1. The topological polar surface area (TPSA) is 159 Å². The molecule has 37 heavy (non-hydrogen) atoms. The van der Waals surface area contributed by atoms with Crippen molar-refractivity contribution in [1.29, 1.82) is 0 Å². The van der Waals surface area contributed by atoms with E-state index in [-0.39, 0.29) is 27.4 Å². The molecular weight excluding hydrogens is 499 g/mol. The largest absolute Gasteiger partial charge is 0.506 e. The van der Waals surface area contributed by atoms with E-state index in [2.05, 4.69) is 14.4 Å². The van der Waals surface area contributed by atoms with Crippen molar-refractivity contribution in [2.75, 3.05) is 0 Å². The number of aliphatic hydroxyl groups is 2. The number of nitrogens with zero attached hydrogens (tertiary/aromatic N) is 2. The second kappa shape index (κ2) is 9.60. The van der Waals surface area contributed by atoms with E-state index in [9.17, 15) is 27.8 Å². The van der Waals surface area contributed by atoms with Crippen molar-refractivity contribution in [2.45, 2.75) is 24.3 Å². The number of fused-ring (bicyclic) bond motifs is 1. The first-order chi connectivity index (χ1) is 17.4. The zero-order valence-corrected chi connectivity index (χ0v) is 20.6. The average molecular weight is 523 g/mol. The number of aliphatic hydroxyl groups excluding tert-OH is 1. The minimum absolute atomic E-state index is 0.00511. The Hall–Kier alpha value is -4.35. The number of ketones is 1. The third kappa shape index (κ3) is 5.42. The summed E-state index contributed by atoms with van der Waals surface area (Å²) in [6.07, 6.45) is 0. The van der Waals surface area contributed by atoms with Crippen molar-refractivity contribution in [3.8, 4) is 0 Å². The molecule has 0 saturated heterocycles. The Kier molecular flexibility index (Phi) is 6.68. The quantitative estimate of drug-likeness (QED) is 0.0944. The van der Waals surface area contributed by atoms with Crippen molar-refractivity contribution in [3.63, 3.8) is 0 Å². The maximum Gasteiger partial charge on any atom is 0.284 e. The molecule has 11 heteroatoms. The van der Waals surface area contributed by atoms with Crippen LogP contribution < -0.4 is 5.73 Å². The Morgan fingerprint density at radius 1 is 1.03 bits per heavy atom. The Bertz CT molecular complexity index is 1650. The number of Topliss-reactive ketones (excluding diaryl/α,β-unsaturated/α-hetero) is 1. The van der Waals surface area contributed by atoms with Gasteiger partial charge in [-0.05, 0) is 50.2 Å². The number of hydrogen-bond acceptors (Lipinski definition) is 6. The predicted molar refractivity (Wildman–Crippen MR) is 138 cm³/mol. The van der Waals surface area contributed by atoms with Gasteiger partial charge in [0, 0.05) is 11.1 Å². The molecule has 0 aliphatic heterocycles. The van der Waals surface area contributed by atoms with Crippen LogP contribution in [0.5, 0.6) is 0 Å². The summed E-state index contributed by atoms with van der Waals surface area (Å²) in [5.74, 6) is -2.49. The molecule has 4 rings (SSSR count). The number of carbonyl (C=O) groups excluding carboxylic acids is 1. The van der Waals surface area contributed by atoms with Crippen LogP contribution in [0.15, 0.2) is 82.1 Å². The van der Waals surface area contributed by atoms with E-state index in [0.717, 1.165) is 12.1 Å². The van der Waals surface area contributed by atoms with Crippen molar-refractivity contribution in [3.05, 3.63) is 95.6 Å². The summed E-state index contributed by atoms with van der Waals surface area (Å²) in [5, 5.41) is 21.0. The summed E-state index contributed by atoms with van der Waals surface area (Å²) in [7, 11) is -4.39. The Balaban J connectivity index is 1.87. The molecule has 0 unspecified atom stereocenters. The standard InChI is InChI=1S/C26H23FN4O5S/c1-26(2,34)25(28)31-37(35,36)18-10-6-8-16(14-18)23(33)21(22(32)15-7-5-9-17(27)13-15)24-29-19-11-3-4-12-20(19)30-24/h3-14,32,34H,1-2H3,(H2,28,31)(H,29,30)/b22-21+. The van der Waals surface area contributed by atoms with Gasteiger partial charge in [0.15, 0.2) is 0 Å². The predicted octanol–water partition coefficient (Wildman–Crippen LogP) is 3.83. The number of hydrogen-bond donors (Lipinski definition) is 4. The van der Waals surface area contributed by atoms with E-state index in [4.69, 9.17) is 5.73 Å². The van der Waals surface area contributed by atoms with Gasteiger partial charge in [-0.15, -0.1) is 4.40 Å². The molecule has 0 fully saturated rings. The van der Waals surface area contributed by atoms with Gasteiger partial charge in [0.1, 0.15) is 34.4 Å². The smallest absolute Gasteiger partial charge is 0.284 e. The van der Waals surface area contributed by atoms with Gasteiger partial charge in [0.2, 0.25) is 5.78 Å². The molecule has 0 spiro atoms. The second-order valence-electron chi connectivity index (χ2n) is 8.70. The number of nitrogens with one attached hydrogen (secondary N) is 1. The zero-order valence-electron chi connectivity index (χ0n) is 19.8. The van der Waals surface area contributed by atoms with Gasteiger partial charge in [-0.1, -0.05) is 36.4 Å². The number of rotatable bonds is 7. The SMILES string of the molecule is CC(C)(O)/C(N)=N/S(=O)(=O)c1cccc(C(=O)/C(=C(\O)c2cccc(F)c2)c2nc3ccccc3[nH]2)c1. The summed E-state index contributed by atoms with van der Waals surface area (Å²) in [4.78, 5) is 20.7. The van der Waals surface area contributed by atoms with E-state index in [1.165, 1.54) is 50.2 Å². The fourth-order valence-electron chi connectivity index (χ4n) is 3.41. The summed E-state index contributed by atoms with van der Waals surface area (Å²) in [6, 6.07) is 16.9. The molecule has 0 radical (unpaired) electrons. The minimum atomic E-state index is -4.39. The van der Waals surface area contributed by atoms with Crippen LogP contribution in [0.4, 0.5) is 4.39 Å². The van der Waals surface area contributed by atoms with E-state index < -0.39 is 38.8 Å². The van der Waals surface area contributed by atoms with Crippen molar-refractivity contribution >= 4 is 44.0 Å². The number of amidine groups is 1. The lowest BCUT2D eigenvalue weighted by atomic mass is 9.98. The van der Waals surface area contributed by atoms with Crippen LogP contribution in [0.3, 0.4) is 0 Å². The highest BCUT2D eigenvalue weighted by atomic mass is 32.2. The maximum atomic E-state index is 13.9. The molecule has 4 aromatic rings. The molecule has 0 atom stereocenters. The van der Waals surface area contributed by atoms with Crippen LogP contribution in [-0.2, 0) is 10.0 Å². The molecule has 0 saturated carbocycles. The highest BCUT2D eigenvalue weighted by molar-refractivity contribution is 7.90. The number of sulfonamides is 1. The van der Waals surface area contributed by atoms with Gasteiger partial charge in [-0.2, -0.15) is 8.42 Å². The number of H-pyrrole nitrogens is 1. The zero-order chi connectivity index (χ0) is 27.0. The average Bonchev–Trinajstić information content (AvgIpc) is 3.27. The van der Waals surface area contributed by atoms with Crippen molar-refractivity contribution in [1.82, 2.24) is 9.97 Å². The van der Waals surface area contributed by atoms with Crippen LogP contribution in [0.1, 0.15) is 35.6 Å². The molecule has 9 nitrogen and oxygen atoms in total. The van der Waals surface area contributed by atoms with Crippen LogP contribution in [-0.4, -0.2) is 45.8 Å². The first-order valence-corrected chi connectivity index (χ1v) is 12.4. The van der Waals surface area contributed by atoms with Gasteiger partial charge in [-0.25, -0.2) is 9.37 Å². The van der Waals surface area contributed by atoms with Gasteiger partial charge in [-0.3, -0.25) is 4.79 Å². The van der Waals surface area contributed by atoms with Crippen LogP contribution in [0, 0.1) is 5.82 Å². The lowest BCUT2D eigenvalue weighted by Crippen LogP contribution is -2.38. The lowest BCUT2D eigenvalue weighted by molar-refractivity contribution is 0.105. The van der Waals surface area contributed by atoms with Gasteiger partial charge >= 0.3 is 0 Å². The molecule has 0 bridgehead atoms. The van der Waals surface area contributed by atoms with Crippen molar-refractivity contribution < 1.29 is 27.8 Å². The number of aromatic nitrogens is 2. The number of carbonyl (C=O) groups is 1. The molecule has 1 aromatic heterocycles. The van der Waals surface area contributed by atoms with Gasteiger partial charge < -0.3 is 20.9 Å². The number of benzene rings is 3. The summed E-state index contributed by atoms with van der Waals surface area (Å²) < 4.78 is 43.0. The Morgan fingerprint density at radius 2 is 1.70 bits per heavy atom. The van der Waals surface area contributed by atoms with Gasteiger partial charge in [0.25, 0.3) is 10.0 Å². The number of allylic oxidation sites excluding steroid dienone is 1. The van der Waals surface area contributed by atoms with E-state index >= 15 is 0 Å². The summed E-state index contributed by atoms with van der Waals surface area (Å²) >= 11 is 0. The molecule has 0 aliphatic rings. The van der Waals surface area contributed by atoms with Crippen LogP contribution >= 0.6 is 0 Å². The van der Waals surface area contributed by atoms with E-state index in [1.807, 2.05) is 0 Å². The van der Waals surface area contributed by atoms with Crippen molar-refractivity contribution in [2.24, 2.45) is 10.1 Å². The highest BCUT2D eigenvalue weighted by Crippen LogP contribution is 2.29. The molecule has 0 aliphatic carbocycles. The van der Waals surface area contributed by atoms with Crippen LogP contribution in [0.25, 0.3) is 22.4 Å². The number of imidazole rings is 1. The Morgan fingerprint density at radius 3 is 2.38 bits per heavy atom. The van der Waals surface area contributed by atoms with E-state index in [0.29, 0.717) is 11.0 Å². The summed E-state index contributed by atoms with van der Waals surface area (Å²) in [6.45, 7) is 2.56. The molecular formula is C26H23FN4O5S. The fourth-order valence-corrected chi connectivity index (χ4v) is 4.53. The monoisotopic (exact) mass is 522 g/mol. The Labute approximate surface area is 211 Å². The summed E-state index contributed by atoms with van der Waals surface area (Å²) in [5.41, 5.74) is 4.65. The second-order valence-corrected chi connectivity index (χ2v) is 10.3. The normalized spacial score (nSPS) is 13.5. The third-order valence-electron chi connectivity index (χ3n) is 5.43. The number of aromatic amines is 1. The number of halogens is 1. The first kappa shape index (κ1) is 25.7. The molecule has 1 heterocycles. The van der Waals surface area contributed by atoms with Gasteiger partial charge in [0.05, 0.1) is 15.9 Å². The molecule has 190 valence electrons. The minimum Gasteiger partial charge on any atom is -0.506 e. The van der Waals surface area contributed by atoms with E-state index in [1.54, 1.807) is 24.3 Å². The fraction of sp³-hybridized carbons (Fsp3) is 0.115.